The van der Waals surface area contributed by atoms with Crippen molar-refractivity contribution in [3.8, 4) is 5.75 Å². The fourth-order valence-corrected chi connectivity index (χ4v) is 4.53. The SMILES string of the molecule is O=C(Nc1c(Cl)cccc1Cl)c1nc[nH]c1C(=O)Nc1nc2ccc(OCCN3CCCC3)cc2[nH]1. The number of carbonyl (C=O) groups is 2. The fraction of sp³-hybridized carbons (Fsp3) is 0.250. The summed E-state index contributed by atoms with van der Waals surface area (Å²) in [5.74, 6) is -0.297. The summed E-state index contributed by atoms with van der Waals surface area (Å²) >= 11 is 12.2. The number of rotatable bonds is 8. The predicted octanol–water partition coefficient (Wildman–Crippen LogP) is 4.57. The Labute approximate surface area is 216 Å². The van der Waals surface area contributed by atoms with Crippen molar-refractivity contribution in [2.45, 2.75) is 12.8 Å². The Balaban J connectivity index is 1.25. The molecule has 1 aliphatic heterocycles. The van der Waals surface area contributed by atoms with E-state index in [0.717, 1.165) is 19.6 Å². The molecule has 2 amide bonds. The van der Waals surface area contributed by atoms with Crippen LogP contribution in [0.25, 0.3) is 11.0 Å². The van der Waals surface area contributed by atoms with Crippen LogP contribution >= 0.6 is 23.2 Å². The van der Waals surface area contributed by atoms with E-state index >= 15 is 0 Å². The molecule has 10 nitrogen and oxygen atoms in total. The van der Waals surface area contributed by atoms with Gasteiger partial charge in [0.15, 0.2) is 5.69 Å². The maximum absolute atomic E-state index is 12.9. The average molecular weight is 528 g/mol. The van der Waals surface area contributed by atoms with E-state index in [0.29, 0.717) is 23.4 Å². The zero-order valence-corrected chi connectivity index (χ0v) is 20.6. The number of halogens is 2. The van der Waals surface area contributed by atoms with Crippen LogP contribution in [-0.4, -0.2) is 62.9 Å². The van der Waals surface area contributed by atoms with Crippen LogP contribution in [0.4, 0.5) is 11.6 Å². The number of nitrogens with zero attached hydrogens (tertiary/aromatic N) is 3. The number of aromatic nitrogens is 4. The van der Waals surface area contributed by atoms with Gasteiger partial charge in [0, 0.05) is 12.6 Å². The zero-order chi connectivity index (χ0) is 25.1. The van der Waals surface area contributed by atoms with Crippen LogP contribution in [0, 0.1) is 0 Å². The first-order valence-corrected chi connectivity index (χ1v) is 12.2. The van der Waals surface area contributed by atoms with E-state index in [1.165, 1.54) is 19.2 Å². The van der Waals surface area contributed by atoms with Crippen molar-refractivity contribution in [2.75, 3.05) is 36.9 Å². The number of benzene rings is 2. The average Bonchev–Trinajstić information content (AvgIpc) is 3.62. The molecule has 36 heavy (non-hydrogen) atoms. The van der Waals surface area contributed by atoms with Crippen molar-refractivity contribution in [1.82, 2.24) is 24.8 Å². The van der Waals surface area contributed by atoms with E-state index < -0.39 is 11.8 Å². The minimum absolute atomic E-state index is 0.0398. The van der Waals surface area contributed by atoms with Crippen LogP contribution < -0.4 is 15.4 Å². The molecule has 0 unspecified atom stereocenters. The van der Waals surface area contributed by atoms with Crippen LogP contribution in [0.15, 0.2) is 42.7 Å². The number of hydrogen-bond donors (Lipinski definition) is 4. The molecule has 12 heteroatoms. The molecule has 0 radical (unpaired) electrons. The maximum atomic E-state index is 12.9. The summed E-state index contributed by atoms with van der Waals surface area (Å²) < 4.78 is 5.88. The van der Waals surface area contributed by atoms with Crippen LogP contribution in [-0.2, 0) is 0 Å². The van der Waals surface area contributed by atoms with E-state index in [1.54, 1.807) is 18.2 Å². The minimum Gasteiger partial charge on any atom is -0.492 e. The van der Waals surface area contributed by atoms with E-state index in [-0.39, 0.29) is 33.1 Å². The molecule has 0 saturated carbocycles. The van der Waals surface area contributed by atoms with Crippen LogP contribution in [0.5, 0.6) is 5.75 Å². The van der Waals surface area contributed by atoms with Gasteiger partial charge in [0.1, 0.15) is 18.1 Å². The number of para-hydroxylation sites is 1. The number of H-pyrrole nitrogens is 2. The Morgan fingerprint density at radius 3 is 2.61 bits per heavy atom. The molecule has 1 aliphatic rings. The van der Waals surface area contributed by atoms with Gasteiger partial charge in [-0.1, -0.05) is 29.3 Å². The Bertz CT molecular complexity index is 1390. The summed E-state index contributed by atoms with van der Waals surface area (Å²) in [5.41, 5.74) is 1.44. The van der Waals surface area contributed by atoms with Crippen LogP contribution in [0.3, 0.4) is 0 Å². The predicted molar refractivity (Wildman–Crippen MR) is 138 cm³/mol. The van der Waals surface area contributed by atoms with Gasteiger partial charge in [-0.2, -0.15) is 0 Å². The first-order valence-electron chi connectivity index (χ1n) is 11.4. The first kappa shape index (κ1) is 24.1. The number of ether oxygens (including phenoxy) is 1. The van der Waals surface area contributed by atoms with Gasteiger partial charge in [-0.3, -0.25) is 19.8 Å². The van der Waals surface area contributed by atoms with Crippen molar-refractivity contribution in [3.05, 3.63) is 64.2 Å². The molecule has 3 heterocycles. The quantitative estimate of drug-likeness (QED) is 0.265. The third kappa shape index (κ3) is 5.30. The van der Waals surface area contributed by atoms with Crippen molar-refractivity contribution < 1.29 is 14.3 Å². The van der Waals surface area contributed by atoms with Gasteiger partial charge in [-0.15, -0.1) is 0 Å². The number of amides is 2. The molecular formula is C24H23Cl2N7O3. The third-order valence-corrected chi connectivity index (χ3v) is 6.47. The molecule has 0 aliphatic carbocycles. The molecule has 1 saturated heterocycles. The van der Waals surface area contributed by atoms with Crippen molar-refractivity contribution in [1.29, 1.82) is 0 Å². The number of aromatic amines is 2. The molecule has 5 rings (SSSR count). The Morgan fingerprint density at radius 1 is 1.06 bits per heavy atom. The van der Waals surface area contributed by atoms with Crippen LogP contribution in [0.1, 0.15) is 33.8 Å². The van der Waals surface area contributed by atoms with E-state index in [9.17, 15) is 9.59 Å². The summed E-state index contributed by atoms with van der Waals surface area (Å²) in [5, 5.41) is 5.78. The molecule has 0 bridgehead atoms. The fourth-order valence-electron chi connectivity index (χ4n) is 4.04. The lowest BCUT2D eigenvalue weighted by molar-refractivity contribution is 0.0985. The molecule has 0 spiro atoms. The monoisotopic (exact) mass is 527 g/mol. The lowest BCUT2D eigenvalue weighted by Crippen LogP contribution is -2.25. The lowest BCUT2D eigenvalue weighted by Gasteiger charge is -2.14. The highest BCUT2D eigenvalue weighted by Gasteiger charge is 2.23. The molecule has 2 aromatic heterocycles. The molecular weight excluding hydrogens is 505 g/mol. The number of fused-ring (bicyclic) bond motifs is 1. The van der Waals surface area contributed by atoms with Gasteiger partial charge in [0.25, 0.3) is 11.8 Å². The van der Waals surface area contributed by atoms with Crippen molar-refractivity contribution in [3.63, 3.8) is 0 Å². The van der Waals surface area contributed by atoms with Gasteiger partial charge < -0.3 is 20.0 Å². The molecule has 4 N–H and O–H groups in total. The zero-order valence-electron chi connectivity index (χ0n) is 19.1. The third-order valence-electron chi connectivity index (χ3n) is 5.84. The summed E-state index contributed by atoms with van der Waals surface area (Å²) in [4.78, 5) is 42.2. The first-order chi connectivity index (χ1) is 17.5. The number of hydrogen-bond acceptors (Lipinski definition) is 6. The molecule has 1 fully saturated rings. The molecule has 2 aromatic carbocycles. The van der Waals surface area contributed by atoms with Crippen molar-refractivity contribution in [2.24, 2.45) is 0 Å². The van der Waals surface area contributed by atoms with Gasteiger partial charge in [-0.05, 0) is 50.2 Å². The van der Waals surface area contributed by atoms with E-state index in [1.807, 2.05) is 18.2 Å². The standard InChI is InChI=1S/C24H23Cl2N7O3/c25-15-4-3-5-16(26)19(15)31-22(34)20-21(28-13-27-20)23(35)32-24-29-17-7-6-14(12-18(17)30-24)36-11-10-33-8-1-2-9-33/h3-7,12-13H,1-2,8-11H2,(H,27,28)(H,31,34)(H2,29,30,32,35). The molecule has 4 aromatic rings. The Kier molecular flexibility index (Phi) is 7.08. The smallest absolute Gasteiger partial charge is 0.276 e. The number of nitrogens with one attached hydrogen (secondary N) is 4. The summed E-state index contributed by atoms with van der Waals surface area (Å²) in [6.45, 7) is 3.75. The Hall–Kier alpha value is -3.60. The minimum atomic E-state index is -0.642. The van der Waals surface area contributed by atoms with Gasteiger partial charge in [0.2, 0.25) is 5.95 Å². The molecule has 0 atom stereocenters. The molecule has 186 valence electrons. The summed E-state index contributed by atoms with van der Waals surface area (Å²) in [6, 6.07) is 10.3. The van der Waals surface area contributed by atoms with Gasteiger partial charge in [-0.25, -0.2) is 9.97 Å². The highest BCUT2D eigenvalue weighted by molar-refractivity contribution is 6.40. The highest BCUT2D eigenvalue weighted by Crippen LogP contribution is 2.30. The largest absolute Gasteiger partial charge is 0.492 e. The van der Waals surface area contributed by atoms with Gasteiger partial charge in [0.05, 0.1) is 33.1 Å². The number of likely N-dealkylation sites (tertiary alicyclic amines) is 1. The second-order valence-electron chi connectivity index (χ2n) is 8.29. The van der Waals surface area contributed by atoms with Crippen molar-refractivity contribution >= 4 is 57.7 Å². The second-order valence-corrected chi connectivity index (χ2v) is 9.11. The maximum Gasteiger partial charge on any atom is 0.276 e. The summed E-state index contributed by atoms with van der Waals surface area (Å²) in [6.07, 6.45) is 3.74. The normalized spacial score (nSPS) is 13.7. The topological polar surface area (TPSA) is 128 Å². The van der Waals surface area contributed by atoms with Crippen LogP contribution in [0.2, 0.25) is 10.0 Å². The van der Waals surface area contributed by atoms with E-state index in [4.69, 9.17) is 27.9 Å². The highest BCUT2D eigenvalue weighted by atomic mass is 35.5. The van der Waals surface area contributed by atoms with E-state index in [2.05, 4.69) is 35.5 Å². The lowest BCUT2D eigenvalue weighted by atomic mass is 10.2. The second kappa shape index (κ2) is 10.6. The van der Waals surface area contributed by atoms with Gasteiger partial charge >= 0.3 is 0 Å². The Morgan fingerprint density at radius 2 is 1.83 bits per heavy atom. The number of imidazole rings is 2. The summed E-state index contributed by atoms with van der Waals surface area (Å²) in [7, 11) is 0. The number of carbonyl (C=O) groups excluding carboxylic acids is 2. The number of anilines is 2.